The fourth-order valence-electron chi connectivity index (χ4n) is 6.33. The first-order valence-corrected chi connectivity index (χ1v) is 15.6. The van der Waals surface area contributed by atoms with Gasteiger partial charge in [-0.15, -0.1) is 0 Å². The van der Waals surface area contributed by atoms with Crippen molar-refractivity contribution in [2.24, 2.45) is 16.8 Å². The number of carboxylic acid groups (broad SMARTS) is 1. The molecule has 2 aromatic rings. The predicted octanol–water partition coefficient (Wildman–Crippen LogP) is 7.52. The van der Waals surface area contributed by atoms with Gasteiger partial charge in [-0.1, -0.05) is 61.3 Å². The molecular weight excluding hydrogens is 579 g/mol. The largest absolute Gasteiger partial charge is 0.465 e. The molecule has 7 nitrogen and oxygen atoms in total. The van der Waals surface area contributed by atoms with E-state index in [9.17, 15) is 9.59 Å². The van der Waals surface area contributed by atoms with Crippen molar-refractivity contribution in [1.29, 1.82) is 0 Å². The van der Waals surface area contributed by atoms with Crippen molar-refractivity contribution in [2.75, 3.05) is 6.54 Å². The van der Waals surface area contributed by atoms with Gasteiger partial charge in [0.05, 0.1) is 6.04 Å². The molecule has 0 bridgehead atoms. The summed E-state index contributed by atoms with van der Waals surface area (Å²) in [5.74, 6) is 0.324. The van der Waals surface area contributed by atoms with Crippen LogP contribution in [0.25, 0.3) is 0 Å². The number of hydrogen-bond acceptors (Lipinski definition) is 5. The van der Waals surface area contributed by atoms with Crippen LogP contribution in [0.5, 0.6) is 0 Å². The van der Waals surface area contributed by atoms with Crippen LogP contribution in [0.1, 0.15) is 64.6 Å². The average Bonchev–Trinajstić information content (AvgIpc) is 3.38. The van der Waals surface area contributed by atoms with Crippen LogP contribution in [0, 0.1) is 11.8 Å². The van der Waals surface area contributed by atoms with E-state index in [1.165, 1.54) is 11.8 Å². The third kappa shape index (κ3) is 5.58. The molecule has 2 aromatic carbocycles. The van der Waals surface area contributed by atoms with Gasteiger partial charge in [0.1, 0.15) is 10.4 Å². The number of nitrogens with zero attached hydrogens (tertiary/aromatic N) is 3. The maximum atomic E-state index is 14.3. The number of rotatable bonds is 8. The Bertz CT molecular complexity index is 1390. The van der Waals surface area contributed by atoms with Crippen LogP contribution in [-0.2, 0) is 10.3 Å². The fraction of sp³-hybridized carbons (Fsp3) is 0.452. The van der Waals surface area contributed by atoms with Crippen molar-refractivity contribution in [3.63, 3.8) is 0 Å². The number of allylic oxidation sites excluding steroid dienone is 1. The van der Waals surface area contributed by atoms with Gasteiger partial charge in [0.2, 0.25) is 0 Å². The number of amidine groups is 1. The zero-order valence-electron chi connectivity index (χ0n) is 23.9. The number of fused-ring (bicyclic) bond motifs is 1. The quantitative estimate of drug-likeness (QED) is 0.321. The molecule has 2 N–H and O–H groups in total. The third-order valence-corrected chi connectivity index (χ3v) is 9.87. The molecule has 10 heteroatoms. The molecule has 1 fully saturated rings. The van der Waals surface area contributed by atoms with E-state index < -0.39 is 11.6 Å². The minimum Gasteiger partial charge on any atom is -0.465 e. The topological polar surface area (TPSA) is 85.2 Å². The van der Waals surface area contributed by atoms with E-state index in [1.54, 1.807) is 0 Å². The Morgan fingerprint density at radius 2 is 1.66 bits per heavy atom. The molecule has 2 heterocycles. The van der Waals surface area contributed by atoms with E-state index in [-0.39, 0.29) is 35.9 Å². The Kier molecular flexibility index (Phi) is 8.39. The summed E-state index contributed by atoms with van der Waals surface area (Å²) in [4.78, 5) is 35.5. The molecule has 0 saturated heterocycles. The van der Waals surface area contributed by atoms with Gasteiger partial charge in [-0.3, -0.25) is 4.79 Å². The Morgan fingerprint density at radius 3 is 2.20 bits per heavy atom. The fourth-order valence-corrected chi connectivity index (χ4v) is 7.93. The first-order valence-electron chi connectivity index (χ1n) is 14.0. The van der Waals surface area contributed by atoms with Gasteiger partial charge in [-0.25, -0.2) is 9.79 Å². The first-order chi connectivity index (χ1) is 19.4. The second kappa shape index (κ2) is 11.5. The lowest BCUT2D eigenvalue weighted by Crippen LogP contribution is -2.53. The summed E-state index contributed by atoms with van der Waals surface area (Å²) in [6, 6.07) is 15.6. The molecule has 1 saturated carbocycles. The number of hydrogen-bond donors (Lipinski definition) is 2. The van der Waals surface area contributed by atoms with Crippen LogP contribution >= 0.6 is 35.0 Å². The molecule has 2 atom stereocenters. The summed E-state index contributed by atoms with van der Waals surface area (Å²) in [6.07, 6.45) is 0.555. The number of carbonyl (C=O) groups is 2. The van der Waals surface area contributed by atoms with E-state index in [0.29, 0.717) is 16.6 Å². The monoisotopic (exact) mass is 614 g/mol. The van der Waals surface area contributed by atoms with Crippen molar-refractivity contribution in [3.05, 3.63) is 80.3 Å². The van der Waals surface area contributed by atoms with Gasteiger partial charge in [0, 0.05) is 34.4 Å². The van der Waals surface area contributed by atoms with Gasteiger partial charge >= 0.3 is 6.09 Å². The summed E-state index contributed by atoms with van der Waals surface area (Å²) in [6.45, 7) is 10.9. The molecule has 5 rings (SSSR count). The standard InChI is InChI=1S/C31H36Cl2N4O3S/c1-17(2)25-26(28(38)36(18(3)4)24-14-19(15-24)16-34-30(39)40)41-29-35-31(5,21-8-12-23(33)13-9-21)27(37(25)29)20-6-10-22(32)11-7-20/h6-13,17-19,24,27,34H,14-16H2,1-5H3,(H,39,40)/t19-,24+,27-,31+/m1/s1. The van der Waals surface area contributed by atoms with Crippen LogP contribution in [0.4, 0.5) is 4.79 Å². The molecule has 0 spiro atoms. The normalized spacial score (nSPS) is 25.3. The first kappa shape index (κ1) is 29.8. The number of aliphatic imine (C=N–C) groups is 1. The maximum Gasteiger partial charge on any atom is 0.404 e. The van der Waals surface area contributed by atoms with E-state index in [2.05, 4.69) is 31.0 Å². The van der Waals surface area contributed by atoms with Crippen molar-refractivity contribution in [3.8, 4) is 0 Å². The number of nitrogens with one attached hydrogen (secondary N) is 1. The molecule has 41 heavy (non-hydrogen) atoms. The van der Waals surface area contributed by atoms with Crippen molar-refractivity contribution >= 4 is 52.1 Å². The zero-order chi connectivity index (χ0) is 29.6. The van der Waals surface area contributed by atoms with Crippen LogP contribution in [0.2, 0.25) is 10.0 Å². The van der Waals surface area contributed by atoms with Gasteiger partial charge in [-0.05, 0) is 92.6 Å². The van der Waals surface area contributed by atoms with Gasteiger partial charge in [0.15, 0.2) is 5.17 Å². The number of carbonyl (C=O) groups excluding carboxylic acids is 1. The van der Waals surface area contributed by atoms with E-state index in [0.717, 1.165) is 39.7 Å². The molecule has 218 valence electrons. The highest BCUT2D eigenvalue weighted by Gasteiger charge is 2.54. The highest BCUT2D eigenvalue weighted by atomic mass is 35.5. The van der Waals surface area contributed by atoms with Gasteiger partial charge in [0.25, 0.3) is 5.91 Å². The Morgan fingerprint density at radius 1 is 1.07 bits per heavy atom. The van der Waals surface area contributed by atoms with Gasteiger partial charge < -0.3 is 20.2 Å². The van der Waals surface area contributed by atoms with Crippen molar-refractivity contribution in [1.82, 2.24) is 15.1 Å². The molecule has 0 unspecified atom stereocenters. The summed E-state index contributed by atoms with van der Waals surface area (Å²) in [7, 11) is 0. The number of amides is 2. The lowest BCUT2D eigenvalue weighted by atomic mass is 9.78. The molecule has 2 aliphatic heterocycles. The van der Waals surface area contributed by atoms with Crippen LogP contribution in [-0.4, -0.2) is 50.7 Å². The molecule has 3 aliphatic rings. The minimum absolute atomic E-state index is 0.00571. The van der Waals surface area contributed by atoms with Crippen LogP contribution in [0.15, 0.2) is 64.1 Å². The van der Waals surface area contributed by atoms with E-state index in [4.69, 9.17) is 33.3 Å². The maximum absolute atomic E-state index is 14.3. The Labute approximate surface area is 256 Å². The molecular formula is C31H36Cl2N4O3S. The number of thioether (sulfide) groups is 1. The highest BCUT2D eigenvalue weighted by molar-refractivity contribution is 8.18. The number of benzene rings is 2. The summed E-state index contributed by atoms with van der Waals surface area (Å²) >= 11 is 14.0. The second-order valence-corrected chi connectivity index (χ2v) is 13.7. The summed E-state index contributed by atoms with van der Waals surface area (Å²) in [5.41, 5.74) is 2.46. The molecule has 1 aliphatic carbocycles. The van der Waals surface area contributed by atoms with Crippen LogP contribution in [0.3, 0.4) is 0 Å². The summed E-state index contributed by atoms with van der Waals surface area (Å²) in [5, 5.41) is 13.6. The third-order valence-electron chi connectivity index (χ3n) is 8.30. The summed E-state index contributed by atoms with van der Waals surface area (Å²) < 4.78 is 0. The Balaban J connectivity index is 1.52. The molecule has 2 amide bonds. The zero-order valence-corrected chi connectivity index (χ0v) is 26.2. The highest BCUT2D eigenvalue weighted by Crippen LogP contribution is 2.56. The SMILES string of the molecule is CC(C)C1=C(C(=O)N(C(C)C)[C@H]2C[C@@H](CNC(=O)O)C2)SC2=N[C@@](C)(c3ccc(Cl)cc3)[C@@H](c3ccc(Cl)cc3)N21. The van der Waals surface area contributed by atoms with E-state index in [1.807, 2.05) is 67.3 Å². The van der Waals surface area contributed by atoms with E-state index >= 15 is 0 Å². The smallest absolute Gasteiger partial charge is 0.404 e. The van der Waals surface area contributed by atoms with Crippen molar-refractivity contribution in [2.45, 2.75) is 71.1 Å². The predicted molar refractivity (Wildman–Crippen MR) is 166 cm³/mol. The lowest BCUT2D eigenvalue weighted by molar-refractivity contribution is -0.133. The molecule has 0 radical (unpaired) electrons. The molecule has 0 aromatic heterocycles. The number of halogens is 2. The van der Waals surface area contributed by atoms with Crippen molar-refractivity contribution < 1.29 is 14.7 Å². The van der Waals surface area contributed by atoms with Crippen LogP contribution < -0.4 is 5.32 Å². The Hall–Kier alpha value is -2.68. The average molecular weight is 616 g/mol. The van der Waals surface area contributed by atoms with Gasteiger partial charge in [-0.2, -0.15) is 0 Å². The minimum atomic E-state index is -1.01. The second-order valence-electron chi connectivity index (χ2n) is 11.8. The lowest BCUT2D eigenvalue weighted by Gasteiger charge is -2.45.